The van der Waals surface area contributed by atoms with Gasteiger partial charge in [-0.1, -0.05) is 26.8 Å². The van der Waals surface area contributed by atoms with Crippen LogP contribution in [0.15, 0.2) is 22.3 Å². The molecule has 0 saturated heterocycles. The van der Waals surface area contributed by atoms with Crippen LogP contribution in [0.5, 0.6) is 0 Å². The van der Waals surface area contributed by atoms with Crippen molar-refractivity contribution in [1.82, 2.24) is 9.97 Å². The molecule has 0 bridgehead atoms. The van der Waals surface area contributed by atoms with E-state index >= 15 is 0 Å². The highest BCUT2D eigenvalue weighted by atomic mass is 32.1. The molecule has 3 heterocycles. The summed E-state index contributed by atoms with van der Waals surface area (Å²) in [5.41, 5.74) is 1.06. The fourth-order valence-electron chi connectivity index (χ4n) is 2.27. The molecule has 0 aromatic carbocycles. The Labute approximate surface area is 125 Å². The maximum atomic E-state index is 12.5. The predicted molar refractivity (Wildman–Crippen MR) is 87.0 cm³/mol. The van der Waals surface area contributed by atoms with Gasteiger partial charge in [-0.2, -0.15) is 0 Å². The molecule has 104 valence electrons. The van der Waals surface area contributed by atoms with Crippen LogP contribution in [0, 0.1) is 0 Å². The van der Waals surface area contributed by atoms with E-state index in [9.17, 15) is 4.79 Å². The first kappa shape index (κ1) is 13.5. The zero-order valence-corrected chi connectivity index (χ0v) is 13.3. The van der Waals surface area contributed by atoms with Crippen molar-refractivity contribution in [1.29, 1.82) is 0 Å². The molecule has 1 N–H and O–H groups in total. The summed E-state index contributed by atoms with van der Waals surface area (Å²) < 4.78 is 0. The van der Waals surface area contributed by atoms with E-state index in [1.807, 2.05) is 25.3 Å². The normalized spacial score (nSPS) is 11.6. The van der Waals surface area contributed by atoms with Gasteiger partial charge in [-0.05, 0) is 17.9 Å². The number of H-pyrrole nitrogens is 1. The second-order valence-electron chi connectivity index (χ2n) is 5.02. The van der Waals surface area contributed by atoms with Crippen molar-refractivity contribution in [2.45, 2.75) is 33.1 Å². The molecule has 0 saturated carbocycles. The van der Waals surface area contributed by atoms with E-state index in [2.05, 4.69) is 23.0 Å². The van der Waals surface area contributed by atoms with Crippen molar-refractivity contribution in [3.63, 3.8) is 0 Å². The van der Waals surface area contributed by atoms with Gasteiger partial charge in [-0.15, -0.1) is 22.7 Å². The zero-order valence-electron chi connectivity index (χ0n) is 11.7. The van der Waals surface area contributed by atoms with Crippen LogP contribution in [0.3, 0.4) is 0 Å². The first-order valence-electron chi connectivity index (χ1n) is 6.71. The summed E-state index contributed by atoms with van der Waals surface area (Å²) in [6.45, 7) is 6.20. The average molecular weight is 304 g/mol. The van der Waals surface area contributed by atoms with Crippen LogP contribution in [0.4, 0.5) is 0 Å². The molecular weight excluding hydrogens is 288 g/mol. The fraction of sp³-hybridized carbons (Fsp3) is 0.333. The highest BCUT2D eigenvalue weighted by Gasteiger charge is 2.19. The van der Waals surface area contributed by atoms with Gasteiger partial charge >= 0.3 is 0 Å². The molecule has 20 heavy (non-hydrogen) atoms. The number of rotatable bonds is 3. The summed E-state index contributed by atoms with van der Waals surface area (Å²) in [5, 5.41) is 2.79. The van der Waals surface area contributed by atoms with E-state index in [-0.39, 0.29) is 11.5 Å². The van der Waals surface area contributed by atoms with Gasteiger partial charge in [-0.3, -0.25) is 4.79 Å². The number of nitrogens with one attached hydrogen (secondary N) is 1. The van der Waals surface area contributed by atoms with Crippen molar-refractivity contribution in [3.05, 3.63) is 38.6 Å². The molecule has 0 spiro atoms. The van der Waals surface area contributed by atoms with Crippen molar-refractivity contribution in [2.24, 2.45) is 0 Å². The molecule has 0 fully saturated rings. The van der Waals surface area contributed by atoms with Gasteiger partial charge in [0.15, 0.2) is 0 Å². The average Bonchev–Trinajstić information content (AvgIpc) is 3.04. The van der Waals surface area contributed by atoms with Crippen molar-refractivity contribution < 1.29 is 0 Å². The molecule has 0 aliphatic carbocycles. The SMILES string of the molecule is CCc1sc2nc(C(C)C)[nH]c(=O)c2c1-c1cccs1. The van der Waals surface area contributed by atoms with Gasteiger partial charge in [0.05, 0.1) is 5.39 Å². The summed E-state index contributed by atoms with van der Waals surface area (Å²) in [7, 11) is 0. The second-order valence-corrected chi connectivity index (χ2v) is 7.05. The second kappa shape index (κ2) is 5.14. The van der Waals surface area contributed by atoms with Crippen molar-refractivity contribution >= 4 is 32.9 Å². The summed E-state index contributed by atoms with van der Waals surface area (Å²) >= 11 is 3.31. The Balaban J connectivity index is 2.37. The van der Waals surface area contributed by atoms with E-state index in [1.165, 1.54) is 4.88 Å². The lowest BCUT2D eigenvalue weighted by atomic mass is 10.1. The molecule has 0 amide bonds. The topological polar surface area (TPSA) is 45.8 Å². The maximum Gasteiger partial charge on any atom is 0.260 e. The van der Waals surface area contributed by atoms with Gasteiger partial charge < -0.3 is 4.98 Å². The summed E-state index contributed by atoms with van der Waals surface area (Å²) in [4.78, 5) is 23.3. The first-order chi connectivity index (χ1) is 9.61. The van der Waals surface area contributed by atoms with Gasteiger partial charge in [0.25, 0.3) is 5.56 Å². The Bertz CT molecular complexity index is 797. The fourth-order valence-corrected chi connectivity index (χ4v) is 4.28. The number of hydrogen-bond acceptors (Lipinski definition) is 4. The number of aryl methyl sites for hydroxylation is 1. The Kier molecular flexibility index (Phi) is 3.48. The Morgan fingerprint density at radius 1 is 1.40 bits per heavy atom. The van der Waals surface area contributed by atoms with E-state index in [4.69, 9.17) is 0 Å². The number of fused-ring (bicyclic) bond motifs is 1. The molecule has 3 nitrogen and oxygen atoms in total. The third-order valence-corrected chi connectivity index (χ3v) is 5.40. The quantitative estimate of drug-likeness (QED) is 0.779. The molecule has 0 unspecified atom stereocenters. The number of aromatic amines is 1. The Hall–Kier alpha value is -1.46. The molecule has 3 rings (SSSR count). The van der Waals surface area contributed by atoms with Gasteiger partial charge in [-0.25, -0.2) is 4.98 Å². The van der Waals surface area contributed by atoms with Crippen LogP contribution in [0.25, 0.3) is 20.7 Å². The van der Waals surface area contributed by atoms with Crippen LogP contribution in [-0.2, 0) is 6.42 Å². The van der Waals surface area contributed by atoms with Crippen LogP contribution in [-0.4, -0.2) is 9.97 Å². The standard InChI is InChI=1S/C15H16N2OS2/c1-4-9-11(10-6-5-7-19-10)12-14(18)16-13(8(2)3)17-15(12)20-9/h5-8H,4H2,1-3H3,(H,16,17,18). The van der Waals surface area contributed by atoms with Gasteiger partial charge in [0.1, 0.15) is 10.7 Å². The third-order valence-electron chi connectivity index (χ3n) is 3.29. The van der Waals surface area contributed by atoms with Crippen molar-refractivity contribution in [3.8, 4) is 10.4 Å². The molecule has 3 aromatic rings. The molecule has 0 aliphatic rings. The van der Waals surface area contributed by atoms with Crippen LogP contribution >= 0.6 is 22.7 Å². The van der Waals surface area contributed by atoms with Crippen molar-refractivity contribution in [2.75, 3.05) is 0 Å². The molecular formula is C15H16N2OS2. The van der Waals surface area contributed by atoms with Crippen LogP contribution in [0.1, 0.15) is 37.4 Å². The Morgan fingerprint density at radius 3 is 2.80 bits per heavy atom. The highest BCUT2D eigenvalue weighted by molar-refractivity contribution is 7.20. The smallest absolute Gasteiger partial charge is 0.260 e. The lowest BCUT2D eigenvalue weighted by Gasteiger charge is -2.03. The molecule has 0 aliphatic heterocycles. The minimum atomic E-state index is -0.0157. The number of thiophene rings is 2. The van der Waals surface area contributed by atoms with E-state index < -0.39 is 0 Å². The largest absolute Gasteiger partial charge is 0.310 e. The maximum absolute atomic E-state index is 12.5. The monoisotopic (exact) mass is 304 g/mol. The van der Waals surface area contributed by atoms with E-state index in [0.29, 0.717) is 0 Å². The Morgan fingerprint density at radius 2 is 2.20 bits per heavy atom. The lowest BCUT2D eigenvalue weighted by molar-refractivity contribution is 0.778. The van der Waals surface area contributed by atoms with Gasteiger partial charge in [0, 0.05) is 21.2 Å². The molecule has 0 radical (unpaired) electrons. The number of hydrogen-bond donors (Lipinski definition) is 1. The number of nitrogens with zero attached hydrogens (tertiary/aromatic N) is 1. The van der Waals surface area contributed by atoms with Crippen LogP contribution in [0.2, 0.25) is 0 Å². The molecule has 5 heteroatoms. The first-order valence-corrected chi connectivity index (χ1v) is 8.40. The minimum Gasteiger partial charge on any atom is -0.310 e. The van der Waals surface area contributed by atoms with Crippen LogP contribution < -0.4 is 5.56 Å². The summed E-state index contributed by atoms with van der Waals surface area (Å²) in [5.74, 6) is 0.994. The number of aromatic nitrogens is 2. The minimum absolute atomic E-state index is 0.0157. The van der Waals surface area contributed by atoms with Gasteiger partial charge in [0.2, 0.25) is 0 Å². The zero-order chi connectivity index (χ0) is 14.3. The lowest BCUT2D eigenvalue weighted by Crippen LogP contribution is -2.12. The van der Waals surface area contributed by atoms with E-state index in [1.54, 1.807) is 22.7 Å². The third kappa shape index (κ3) is 2.11. The highest BCUT2D eigenvalue weighted by Crippen LogP contribution is 2.38. The van der Waals surface area contributed by atoms with E-state index in [0.717, 1.165) is 32.9 Å². The summed E-state index contributed by atoms with van der Waals surface area (Å²) in [6.07, 6.45) is 0.921. The predicted octanol–water partition coefficient (Wildman–Crippen LogP) is 4.40. The molecule has 0 atom stereocenters. The summed E-state index contributed by atoms with van der Waals surface area (Å²) in [6, 6.07) is 4.09. The molecule has 3 aromatic heterocycles.